The number of ketones is 1. The molecule has 0 saturated carbocycles. The highest BCUT2D eigenvalue weighted by atomic mass is 35.7. The van der Waals surface area contributed by atoms with Crippen LogP contribution in [0.4, 0.5) is 0 Å². The van der Waals surface area contributed by atoms with E-state index < -0.39 is 14.1 Å². The molecule has 0 unspecified atom stereocenters. The smallest absolute Gasteiger partial charge is 0.278 e. The lowest BCUT2D eigenvalue weighted by Gasteiger charge is -2.08. The molecule has 0 spiro atoms. The maximum Gasteiger partial charge on any atom is 0.278 e. The monoisotopic (exact) mass is 325 g/mol. The predicted molar refractivity (Wildman–Crippen MR) is 78.1 cm³/mol. The van der Waals surface area contributed by atoms with Crippen LogP contribution >= 0.6 is 10.7 Å². The van der Waals surface area contributed by atoms with Gasteiger partial charge in [0.25, 0.3) is 9.05 Å². The molecule has 0 bridgehead atoms. The van der Waals surface area contributed by atoms with Gasteiger partial charge in [-0.05, 0) is 5.56 Å². The first-order chi connectivity index (χ1) is 9.86. The van der Waals surface area contributed by atoms with E-state index in [1.54, 1.807) is 0 Å². The zero-order valence-electron chi connectivity index (χ0n) is 11.1. The molecule has 1 aromatic heterocycles. The van der Waals surface area contributed by atoms with Crippen molar-refractivity contribution in [1.29, 1.82) is 0 Å². The summed E-state index contributed by atoms with van der Waals surface area (Å²) in [4.78, 5) is 15.1. The first kappa shape index (κ1) is 15.5. The van der Waals surface area contributed by atoms with Crippen molar-refractivity contribution in [2.24, 2.45) is 0 Å². The molecular formula is C14H12ClNO4S. The van der Waals surface area contributed by atoms with Crippen molar-refractivity contribution in [3.63, 3.8) is 0 Å². The number of carbonyl (C=O) groups excluding carboxylic acids is 1. The topological polar surface area (TPSA) is 73.3 Å². The van der Waals surface area contributed by atoms with Crippen molar-refractivity contribution in [3.8, 4) is 5.75 Å². The van der Waals surface area contributed by atoms with Crippen LogP contribution in [-0.2, 0) is 15.7 Å². The van der Waals surface area contributed by atoms with Crippen LogP contribution in [0.1, 0.15) is 23.0 Å². The highest BCUT2D eigenvalue weighted by molar-refractivity contribution is 8.13. The van der Waals surface area contributed by atoms with Gasteiger partial charge < -0.3 is 4.74 Å². The summed E-state index contributed by atoms with van der Waals surface area (Å²) in [5.41, 5.74) is 0.897. The van der Waals surface area contributed by atoms with E-state index in [4.69, 9.17) is 15.4 Å². The second kappa shape index (κ2) is 6.24. The summed E-state index contributed by atoms with van der Waals surface area (Å²) >= 11 is 0. The fourth-order valence-corrected chi connectivity index (χ4v) is 2.31. The third kappa shape index (κ3) is 4.27. The highest BCUT2D eigenvalue weighted by Gasteiger charge is 2.17. The van der Waals surface area contributed by atoms with E-state index in [0.29, 0.717) is 0 Å². The van der Waals surface area contributed by atoms with Gasteiger partial charge in [0.05, 0.1) is 0 Å². The Bertz CT molecular complexity index is 760. The second-order valence-electron chi connectivity index (χ2n) is 4.29. The number of hydrogen-bond donors (Lipinski definition) is 0. The van der Waals surface area contributed by atoms with Gasteiger partial charge in [0.2, 0.25) is 0 Å². The summed E-state index contributed by atoms with van der Waals surface area (Å²) < 4.78 is 28.2. The SMILES string of the molecule is CC(=O)c1cc(OCc2ccccc2)cc(S(=O)(=O)Cl)n1. The second-order valence-corrected chi connectivity index (χ2v) is 6.81. The molecule has 1 aromatic carbocycles. The molecule has 0 saturated heterocycles. The zero-order chi connectivity index (χ0) is 15.5. The number of aromatic nitrogens is 1. The number of benzene rings is 1. The molecule has 5 nitrogen and oxygen atoms in total. The van der Waals surface area contributed by atoms with E-state index in [2.05, 4.69) is 4.98 Å². The molecule has 0 atom stereocenters. The van der Waals surface area contributed by atoms with Crippen molar-refractivity contribution in [3.05, 3.63) is 53.7 Å². The molecule has 0 amide bonds. The highest BCUT2D eigenvalue weighted by Crippen LogP contribution is 2.21. The van der Waals surface area contributed by atoms with E-state index in [1.807, 2.05) is 30.3 Å². The minimum atomic E-state index is -4.04. The lowest BCUT2D eigenvalue weighted by Crippen LogP contribution is -2.05. The van der Waals surface area contributed by atoms with Gasteiger partial charge in [-0.15, -0.1) is 0 Å². The number of halogens is 1. The van der Waals surface area contributed by atoms with Crippen molar-refractivity contribution in [2.75, 3.05) is 0 Å². The normalized spacial score (nSPS) is 11.1. The fourth-order valence-electron chi connectivity index (χ4n) is 1.61. The van der Waals surface area contributed by atoms with Crippen LogP contribution in [-0.4, -0.2) is 19.2 Å². The zero-order valence-corrected chi connectivity index (χ0v) is 12.7. The molecule has 2 rings (SSSR count). The molecule has 0 aliphatic heterocycles. The summed E-state index contributed by atoms with van der Waals surface area (Å²) in [6.45, 7) is 1.53. The third-order valence-electron chi connectivity index (χ3n) is 2.63. The average Bonchev–Trinajstić information content (AvgIpc) is 2.45. The van der Waals surface area contributed by atoms with Gasteiger partial charge >= 0.3 is 0 Å². The van der Waals surface area contributed by atoms with Gasteiger partial charge in [-0.25, -0.2) is 13.4 Å². The first-order valence-corrected chi connectivity index (χ1v) is 8.31. The minimum absolute atomic E-state index is 0.0141. The first-order valence-electron chi connectivity index (χ1n) is 6.00. The van der Waals surface area contributed by atoms with E-state index in [9.17, 15) is 13.2 Å². The van der Waals surface area contributed by atoms with Crippen molar-refractivity contribution in [2.45, 2.75) is 18.6 Å². The molecule has 21 heavy (non-hydrogen) atoms. The number of Topliss-reactive ketones (excluding diaryl/α,β-unsaturated/α-hetero) is 1. The van der Waals surface area contributed by atoms with Gasteiger partial charge in [-0.1, -0.05) is 30.3 Å². The molecule has 7 heteroatoms. The third-order valence-corrected chi connectivity index (χ3v) is 3.82. The van der Waals surface area contributed by atoms with Crippen LogP contribution in [0.2, 0.25) is 0 Å². The molecular weight excluding hydrogens is 314 g/mol. The standard InChI is InChI=1S/C14H12ClNO4S/c1-10(17)13-7-12(8-14(16-13)21(15,18)19)20-9-11-5-3-2-4-6-11/h2-8H,9H2,1H3. The lowest BCUT2D eigenvalue weighted by atomic mass is 10.2. The summed E-state index contributed by atoms with van der Waals surface area (Å²) in [6, 6.07) is 11.9. The Morgan fingerprint density at radius 2 is 1.90 bits per heavy atom. The Labute approximate surface area is 127 Å². The van der Waals surface area contributed by atoms with Gasteiger partial charge in [-0.2, -0.15) is 0 Å². The summed E-state index contributed by atoms with van der Waals surface area (Å²) in [7, 11) is 1.23. The maximum atomic E-state index is 11.4. The average molecular weight is 326 g/mol. The number of ether oxygens (including phenoxy) is 1. The summed E-state index contributed by atoms with van der Waals surface area (Å²) in [6.07, 6.45) is 0. The Kier molecular flexibility index (Phi) is 4.59. The number of carbonyl (C=O) groups is 1. The van der Waals surface area contributed by atoms with Crippen LogP contribution in [0.25, 0.3) is 0 Å². The van der Waals surface area contributed by atoms with Crippen LogP contribution < -0.4 is 4.74 Å². The number of hydrogen-bond acceptors (Lipinski definition) is 5. The van der Waals surface area contributed by atoms with Crippen molar-refractivity contribution >= 4 is 25.5 Å². The molecule has 0 radical (unpaired) electrons. The number of pyridine rings is 1. The predicted octanol–water partition coefficient (Wildman–Crippen LogP) is 2.79. The van der Waals surface area contributed by atoms with Gasteiger partial charge in [-0.3, -0.25) is 4.79 Å². The molecule has 1 heterocycles. The Balaban J connectivity index is 2.30. The van der Waals surface area contributed by atoms with Crippen molar-refractivity contribution in [1.82, 2.24) is 4.98 Å². The molecule has 0 N–H and O–H groups in total. The summed E-state index contributed by atoms with van der Waals surface area (Å²) in [5, 5.41) is -0.403. The molecule has 0 aliphatic carbocycles. The van der Waals surface area contributed by atoms with Crippen molar-refractivity contribution < 1.29 is 17.9 Å². The molecule has 2 aromatic rings. The van der Waals surface area contributed by atoms with E-state index in [0.717, 1.165) is 5.56 Å². The Hall–Kier alpha value is -1.92. The van der Waals surface area contributed by atoms with Gasteiger partial charge in [0.1, 0.15) is 18.1 Å². The van der Waals surface area contributed by atoms with Crippen LogP contribution in [0.15, 0.2) is 47.5 Å². The fraction of sp³-hybridized carbons (Fsp3) is 0.143. The molecule has 0 fully saturated rings. The van der Waals surface area contributed by atoms with Crippen LogP contribution in [0.5, 0.6) is 5.75 Å². The maximum absolute atomic E-state index is 11.4. The van der Waals surface area contributed by atoms with E-state index >= 15 is 0 Å². The summed E-state index contributed by atoms with van der Waals surface area (Å²) in [5.74, 6) is -0.153. The van der Waals surface area contributed by atoms with E-state index in [-0.39, 0.29) is 23.8 Å². The molecule has 0 aliphatic rings. The number of nitrogens with zero attached hydrogens (tertiary/aromatic N) is 1. The quantitative estimate of drug-likeness (QED) is 0.624. The van der Waals surface area contributed by atoms with Gasteiger partial charge in [0.15, 0.2) is 10.8 Å². The Morgan fingerprint density at radius 1 is 1.24 bits per heavy atom. The minimum Gasteiger partial charge on any atom is -0.489 e. The molecule has 110 valence electrons. The lowest BCUT2D eigenvalue weighted by molar-refractivity contribution is 0.101. The van der Waals surface area contributed by atoms with Crippen LogP contribution in [0, 0.1) is 0 Å². The largest absolute Gasteiger partial charge is 0.489 e. The Morgan fingerprint density at radius 3 is 2.48 bits per heavy atom. The van der Waals surface area contributed by atoms with Gasteiger partial charge in [0, 0.05) is 29.7 Å². The number of rotatable bonds is 5. The van der Waals surface area contributed by atoms with Crippen LogP contribution in [0.3, 0.4) is 0 Å². The van der Waals surface area contributed by atoms with E-state index in [1.165, 1.54) is 19.1 Å².